The molecule has 1 nitrogen and oxygen atoms in total. The molecule has 0 aliphatic heterocycles. The van der Waals surface area contributed by atoms with Crippen LogP contribution >= 0.6 is 15.9 Å². The maximum absolute atomic E-state index is 3.81. The minimum atomic E-state index is 0.136. The SMILES string of the molecule is Brc1ccc2c3c(cccc13)C1(CC1)c1cc(-c3ccc(N(c4ccccc4)c4cccc5ccccc45)cc3)ccc1-2. The minimum absolute atomic E-state index is 0.136. The second-order valence-electron chi connectivity index (χ2n) is 11.9. The van der Waals surface area contributed by atoms with E-state index >= 15 is 0 Å². The molecule has 0 N–H and O–H groups in total. The molecule has 9 rings (SSSR count). The van der Waals surface area contributed by atoms with Gasteiger partial charge in [0.05, 0.1) is 5.69 Å². The summed E-state index contributed by atoms with van der Waals surface area (Å²) in [6.07, 6.45) is 2.43. The number of para-hydroxylation sites is 1. The van der Waals surface area contributed by atoms with Crippen LogP contribution in [0.4, 0.5) is 17.1 Å². The van der Waals surface area contributed by atoms with Crippen molar-refractivity contribution < 1.29 is 0 Å². The zero-order chi connectivity index (χ0) is 28.5. The molecule has 0 amide bonds. The van der Waals surface area contributed by atoms with Gasteiger partial charge in [-0.1, -0.05) is 119 Å². The Bertz CT molecular complexity index is 2190. The van der Waals surface area contributed by atoms with E-state index in [1.807, 2.05) is 0 Å². The number of benzene rings is 7. The quantitative estimate of drug-likeness (QED) is 0.191. The van der Waals surface area contributed by atoms with Gasteiger partial charge >= 0.3 is 0 Å². The Hall–Kier alpha value is -4.66. The van der Waals surface area contributed by atoms with Crippen LogP contribution in [-0.4, -0.2) is 0 Å². The first kappa shape index (κ1) is 24.9. The predicted octanol–water partition coefficient (Wildman–Crippen LogP) is 12.0. The molecule has 7 aromatic carbocycles. The van der Waals surface area contributed by atoms with Gasteiger partial charge in [0.2, 0.25) is 0 Å². The normalized spacial score (nSPS) is 14.2. The van der Waals surface area contributed by atoms with Crippen LogP contribution in [0.2, 0.25) is 0 Å². The second-order valence-corrected chi connectivity index (χ2v) is 12.7. The van der Waals surface area contributed by atoms with Gasteiger partial charge in [-0.05, 0) is 105 Å². The number of hydrogen-bond acceptors (Lipinski definition) is 1. The van der Waals surface area contributed by atoms with Crippen molar-refractivity contribution in [2.75, 3.05) is 4.90 Å². The molecule has 2 aliphatic carbocycles. The molecule has 0 heterocycles. The molecule has 204 valence electrons. The van der Waals surface area contributed by atoms with Crippen molar-refractivity contribution in [3.05, 3.63) is 161 Å². The van der Waals surface area contributed by atoms with Crippen molar-refractivity contribution in [1.82, 2.24) is 0 Å². The highest BCUT2D eigenvalue weighted by molar-refractivity contribution is 9.10. The summed E-state index contributed by atoms with van der Waals surface area (Å²) in [5.41, 5.74) is 11.9. The molecule has 7 aromatic rings. The van der Waals surface area contributed by atoms with E-state index in [4.69, 9.17) is 0 Å². The molecule has 1 saturated carbocycles. The fraction of sp³-hybridized carbons (Fsp3) is 0.0732. The van der Waals surface area contributed by atoms with E-state index in [9.17, 15) is 0 Å². The smallest absolute Gasteiger partial charge is 0.0540 e. The Kier molecular flexibility index (Phi) is 5.46. The minimum Gasteiger partial charge on any atom is -0.310 e. The van der Waals surface area contributed by atoms with Gasteiger partial charge in [0.15, 0.2) is 0 Å². The summed E-state index contributed by atoms with van der Waals surface area (Å²) in [7, 11) is 0. The zero-order valence-electron chi connectivity index (χ0n) is 23.6. The Morgan fingerprint density at radius 2 is 1.19 bits per heavy atom. The van der Waals surface area contributed by atoms with Crippen LogP contribution in [0.25, 0.3) is 43.8 Å². The van der Waals surface area contributed by atoms with Crippen molar-refractivity contribution in [1.29, 1.82) is 0 Å². The summed E-state index contributed by atoms with van der Waals surface area (Å²) in [4.78, 5) is 2.37. The molecule has 1 spiro atoms. The maximum Gasteiger partial charge on any atom is 0.0540 e. The van der Waals surface area contributed by atoms with Crippen LogP contribution in [0, 0.1) is 0 Å². The molecule has 2 aliphatic rings. The number of nitrogens with zero attached hydrogens (tertiary/aromatic N) is 1. The van der Waals surface area contributed by atoms with E-state index in [0.717, 1.165) is 11.4 Å². The lowest BCUT2D eigenvalue weighted by atomic mass is 9.74. The fourth-order valence-electron chi connectivity index (χ4n) is 7.37. The Balaban J connectivity index is 1.15. The van der Waals surface area contributed by atoms with Crippen molar-refractivity contribution in [3.8, 4) is 22.3 Å². The lowest BCUT2D eigenvalue weighted by molar-refractivity contribution is 0.853. The van der Waals surface area contributed by atoms with Crippen molar-refractivity contribution in [2.45, 2.75) is 18.3 Å². The Morgan fingerprint density at radius 3 is 2.02 bits per heavy atom. The van der Waals surface area contributed by atoms with Crippen LogP contribution in [0.3, 0.4) is 0 Å². The molecule has 0 aromatic heterocycles. The number of halogens is 1. The molecule has 0 bridgehead atoms. The number of fused-ring (bicyclic) bond motifs is 5. The standard InChI is InChI=1S/C41H28BrN/c42-38-23-22-34-33-21-18-29(26-37(33)41(24-25-41)36-14-7-13-35(38)40(34)36)27-16-19-31(20-17-27)43(30-10-2-1-3-11-30)39-15-6-9-28-8-4-5-12-32(28)39/h1-23,26H,24-25H2. The zero-order valence-corrected chi connectivity index (χ0v) is 25.2. The van der Waals surface area contributed by atoms with E-state index in [-0.39, 0.29) is 5.41 Å². The van der Waals surface area contributed by atoms with E-state index < -0.39 is 0 Å². The van der Waals surface area contributed by atoms with Gasteiger partial charge in [-0.15, -0.1) is 0 Å². The van der Waals surface area contributed by atoms with Crippen molar-refractivity contribution in [2.24, 2.45) is 0 Å². The number of anilines is 3. The largest absolute Gasteiger partial charge is 0.310 e. The molecule has 0 atom stereocenters. The monoisotopic (exact) mass is 613 g/mol. The number of rotatable bonds is 4. The van der Waals surface area contributed by atoms with Crippen LogP contribution in [-0.2, 0) is 5.41 Å². The van der Waals surface area contributed by atoms with Gasteiger partial charge in [0, 0.05) is 26.6 Å². The third-order valence-corrected chi connectivity index (χ3v) is 10.3. The lowest BCUT2D eigenvalue weighted by Crippen LogP contribution is -2.15. The second kappa shape index (κ2) is 9.42. The molecular weight excluding hydrogens is 586 g/mol. The van der Waals surface area contributed by atoms with Crippen LogP contribution in [0.15, 0.2) is 150 Å². The summed E-state index contributed by atoms with van der Waals surface area (Å²) in [6, 6.07) is 53.5. The first-order valence-electron chi connectivity index (χ1n) is 15.0. The Labute approximate surface area is 260 Å². The molecular formula is C41H28BrN. The van der Waals surface area contributed by atoms with Gasteiger partial charge in [-0.2, -0.15) is 0 Å². The lowest BCUT2D eigenvalue weighted by Gasteiger charge is -2.30. The topological polar surface area (TPSA) is 3.24 Å². The summed E-state index contributed by atoms with van der Waals surface area (Å²) in [5.74, 6) is 0. The van der Waals surface area contributed by atoms with Gasteiger partial charge in [-0.3, -0.25) is 0 Å². The van der Waals surface area contributed by atoms with Gasteiger partial charge in [0.1, 0.15) is 0 Å². The molecule has 43 heavy (non-hydrogen) atoms. The Morgan fingerprint density at radius 1 is 0.512 bits per heavy atom. The average Bonchev–Trinajstić information content (AvgIpc) is 3.87. The highest BCUT2D eigenvalue weighted by Crippen LogP contribution is 2.62. The molecule has 0 unspecified atom stereocenters. The summed E-state index contributed by atoms with van der Waals surface area (Å²) < 4.78 is 1.18. The van der Waals surface area contributed by atoms with Gasteiger partial charge < -0.3 is 4.90 Å². The van der Waals surface area contributed by atoms with Crippen LogP contribution in [0.1, 0.15) is 24.0 Å². The maximum atomic E-state index is 3.81. The third kappa shape index (κ3) is 3.76. The van der Waals surface area contributed by atoms with Crippen LogP contribution < -0.4 is 4.90 Å². The highest BCUT2D eigenvalue weighted by Gasteiger charge is 2.50. The molecule has 0 saturated heterocycles. The summed E-state index contributed by atoms with van der Waals surface area (Å²) in [6.45, 7) is 0. The predicted molar refractivity (Wildman–Crippen MR) is 185 cm³/mol. The molecule has 1 fully saturated rings. The van der Waals surface area contributed by atoms with E-state index in [0.29, 0.717) is 0 Å². The number of hydrogen-bond donors (Lipinski definition) is 0. The molecule has 2 heteroatoms. The van der Waals surface area contributed by atoms with Crippen molar-refractivity contribution >= 4 is 54.5 Å². The van der Waals surface area contributed by atoms with Crippen molar-refractivity contribution in [3.63, 3.8) is 0 Å². The highest BCUT2D eigenvalue weighted by atomic mass is 79.9. The third-order valence-electron chi connectivity index (χ3n) is 9.56. The van der Waals surface area contributed by atoms with Crippen LogP contribution in [0.5, 0.6) is 0 Å². The van der Waals surface area contributed by atoms with Gasteiger partial charge in [-0.25, -0.2) is 0 Å². The first-order valence-corrected chi connectivity index (χ1v) is 15.8. The summed E-state index contributed by atoms with van der Waals surface area (Å²) in [5, 5.41) is 5.23. The van der Waals surface area contributed by atoms with Gasteiger partial charge in [0.25, 0.3) is 0 Å². The van der Waals surface area contributed by atoms with E-state index in [1.165, 1.54) is 77.9 Å². The first-order chi connectivity index (χ1) is 21.2. The molecule has 0 radical (unpaired) electrons. The fourth-order valence-corrected chi connectivity index (χ4v) is 7.83. The van der Waals surface area contributed by atoms with E-state index in [1.54, 1.807) is 0 Å². The average molecular weight is 615 g/mol. The van der Waals surface area contributed by atoms with E-state index in [2.05, 4.69) is 166 Å². The summed E-state index contributed by atoms with van der Waals surface area (Å²) >= 11 is 3.81.